The quantitative estimate of drug-likeness (QED) is 0.940. The normalized spacial score (nSPS) is 17.9. The Kier molecular flexibility index (Phi) is 3.01. The van der Waals surface area contributed by atoms with Crippen LogP contribution in [0.2, 0.25) is 0 Å². The number of benzene rings is 1. The van der Waals surface area contributed by atoms with Crippen LogP contribution in [-0.4, -0.2) is 26.2 Å². The van der Waals surface area contributed by atoms with Gasteiger partial charge in [-0.15, -0.1) is 10.2 Å². The first kappa shape index (κ1) is 12.9. The Balaban J connectivity index is 1.46. The van der Waals surface area contributed by atoms with Gasteiger partial charge in [0.15, 0.2) is 0 Å². The maximum Gasteiger partial charge on any atom is 0.335 e. The highest BCUT2D eigenvalue weighted by molar-refractivity contribution is 7.11. The third-order valence-corrected chi connectivity index (χ3v) is 5.08. The average Bonchev–Trinajstić information content (AvgIpc) is 3.07. The number of nitrogens with zero attached hydrogens (tertiary/aromatic N) is 3. The van der Waals surface area contributed by atoms with Gasteiger partial charge in [-0.25, -0.2) is 4.79 Å². The van der Waals surface area contributed by atoms with Gasteiger partial charge in [-0.1, -0.05) is 17.4 Å². The van der Waals surface area contributed by atoms with Crippen LogP contribution in [0.5, 0.6) is 0 Å². The summed E-state index contributed by atoms with van der Waals surface area (Å²) < 4.78 is 0. The summed E-state index contributed by atoms with van der Waals surface area (Å²) in [5.74, 6) is -0.209. The molecule has 6 heteroatoms. The lowest BCUT2D eigenvalue weighted by Gasteiger charge is -2.11. The second-order valence-electron chi connectivity index (χ2n) is 5.74. The minimum Gasteiger partial charge on any atom is -0.478 e. The molecule has 2 aliphatic rings. The maximum absolute atomic E-state index is 11.0. The SMILES string of the molecule is O=C(O)c1ccc2c(c1)CN(Cc1nnc(C3CC3)s1)C2. The monoisotopic (exact) mass is 301 g/mol. The second kappa shape index (κ2) is 4.89. The molecular formula is C15H15N3O2S. The summed E-state index contributed by atoms with van der Waals surface area (Å²) in [7, 11) is 0. The Morgan fingerprint density at radius 2 is 2.10 bits per heavy atom. The predicted octanol–water partition coefficient (Wildman–Crippen LogP) is 2.63. The van der Waals surface area contributed by atoms with Gasteiger partial charge in [-0.3, -0.25) is 4.90 Å². The Bertz CT molecular complexity index is 709. The number of carbonyl (C=O) groups is 1. The van der Waals surface area contributed by atoms with Crippen LogP contribution in [0.4, 0.5) is 0 Å². The van der Waals surface area contributed by atoms with Gasteiger partial charge in [0.25, 0.3) is 0 Å². The van der Waals surface area contributed by atoms with Crippen LogP contribution >= 0.6 is 11.3 Å². The van der Waals surface area contributed by atoms with E-state index in [1.54, 1.807) is 23.5 Å². The molecule has 1 saturated carbocycles. The van der Waals surface area contributed by atoms with Crippen LogP contribution in [0.3, 0.4) is 0 Å². The lowest BCUT2D eigenvalue weighted by molar-refractivity contribution is 0.0696. The first-order valence-corrected chi connectivity index (χ1v) is 7.90. The van der Waals surface area contributed by atoms with E-state index in [0.29, 0.717) is 11.5 Å². The molecule has 0 spiro atoms. The van der Waals surface area contributed by atoms with E-state index in [0.717, 1.165) is 30.2 Å². The fourth-order valence-electron chi connectivity index (χ4n) is 2.73. The number of aromatic carboxylic acids is 1. The van der Waals surface area contributed by atoms with Crippen molar-refractivity contribution in [3.05, 3.63) is 44.9 Å². The molecule has 1 aromatic carbocycles. The number of aromatic nitrogens is 2. The second-order valence-corrected chi connectivity index (χ2v) is 6.84. The topological polar surface area (TPSA) is 66.3 Å². The van der Waals surface area contributed by atoms with E-state index in [4.69, 9.17) is 5.11 Å². The van der Waals surface area contributed by atoms with Crippen molar-refractivity contribution in [3.8, 4) is 0 Å². The average molecular weight is 301 g/mol. The number of fused-ring (bicyclic) bond motifs is 1. The highest BCUT2D eigenvalue weighted by Gasteiger charge is 2.28. The molecule has 1 aromatic heterocycles. The molecule has 0 atom stereocenters. The number of carboxylic acid groups (broad SMARTS) is 1. The van der Waals surface area contributed by atoms with Gasteiger partial charge in [0.2, 0.25) is 0 Å². The highest BCUT2D eigenvalue weighted by atomic mass is 32.1. The minimum atomic E-state index is -0.866. The third-order valence-electron chi connectivity index (χ3n) is 4.01. The molecule has 1 aliphatic carbocycles. The Hall–Kier alpha value is -1.79. The zero-order valence-electron chi connectivity index (χ0n) is 11.5. The molecular weight excluding hydrogens is 286 g/mol. The number of hydrogen-bond acceptors (Lipinski definition) is 5. The van der Waals surface area contributed by atoms with E-state index >= 15 is 0 Å². The van der Waals surface area contributed by atoms with E-state index in [1.165, 1.54) is 23.4 Å². The van der Waals surface area contributed by atoms with Crippen molar-refractivity contribution in [2.75, 3.05) is 0 Å². The molecule has 0 radical (unpaired) electrons. The van der Waals surface area contributed by atoms with Crippen LogP contribution in [-0.2, 0) is 19.6 Å². The summed E-state index contributed by atoms with van der Waals surface area (Å²) in [5, 5.41) is 19.8. The highest BCUT2D eigenvalue weighted by Crippen LogP contribution is 2.41. The first-order valence-electron chi connectivity index (χ1n) is 7.09. The summed E-state index contributed by atoms with van der Waals surface area (Å²) >= 11 is 1.72. The van der Waals surface area contributed by atoms with Crippen molar-refractivity contribution in [1.82, 2.24) is 15.1 Å². The maximum atomic E-state index is 11.0. The lowest BCUT2D eigenvalue weighted by Crippen LogP contribution is -2.15. The molecule has 1 aliphatic heterocycles. The van der Waals surface area contributed by atoms with E-state index in [2.05, 4.69) is 15.1 Å². The van der Waals surface area contributed by atoms with Crippen LogP contribution in [0.15, 0.2) is 18.2 Å². The van der Waals surface area contributed by atoms with Crippen molar-refractivity contribution < 1.29 is 9.90 Å². The van der Waals surface area contributed by atoms with Crippen molar-refractivity contribution in [1.29, 1.82) is 0 Å². The molecule has 1 fully saturated rings. The van der Waals surface area contributed by atoms with Gasteiger partial charge in [0.1, 0.15) is 10.0 Å². The molecule has 0 saturated heterocycles. The van der Waals surface area contributed by atoms with Gasteiger partial charge in [0, 0.05) is 19.0 Å². The third kappa shape index (κ3) is 2.56. The smallest absolute Gasteiger partial charge is 0.335 e. The summed E-state index contributed by atoms with van der Waals surface area (Å²) in [4.78, 5) is 13.3. The Labute approximate surface area is 126 Å². The molecule has 2 heterocycles. The molecule has 0 amide bonds. The van der Waals surface area contributed by atoms with E-state index in [9.17, 15) is 4.79 Å². The predicted molar refractivity (Wildman–Crippen MR) is 78.2 cm³/mol. The zero-order chi connectivity index (χ0) is 14.4. The van der Waals surface area contributed by atoms with Gasteiger partial charge in [-0.05, 0) is 36.1 Å². The lowest BCUT2D eigenvalue weighted by atomic mass is 10.1. The standard InChI is InChI=1S/C15H15N3O2S/c19-15(20)10-3-4-11-6-18(7-12(11)5-10)8-13-16-17-14(21-13)9-1-2-9/h3-5,9H,1-2,6-8H2,(H,19,20). The molecule has 4 rings (SSSR count). The van der Waals surface area contributed by atoms with E-state index < -0.39 is 5.97 Å². The molecule has 2 aromatic rings. The minimum absolute atomic E-state index is 0.363. The fourth-order valence-corrected chi connectivity index (χ4v) is 3.78. The van der Waals surface area contributed by atoms with Crippen molar-refractivity contribution in [2.45, 2.75) is 38.4 Å². The fraction of sp³-hybridized carbons (Fsp3) is 0.400. The van der Waals surface area contributed by atoms with E-state index in [1.807, 2.05) is 6.07 Å². The molecule has 1 N–H and O–H groups in total. The van der Waals surface area contributed by atoms with Crippen LogP contribution in [0.1, 0.15) is 50.3 Å². The van der Waals surface area contributed by atoms with Gasteiger partial charge in [-0.2, -0.15) is 0 Å². The van der Waals surface area contributed by atoms with Crippen molar-refractivity contribution in [3.63, 3.8) is 0 Å². The Morgan fingerprint density at radius 1 is 1.29 bits per heavy atom. The van der Waals surface area contributed by atoms with Crippen molar-refractivity contribution in [2.24, 2.45) is 0 Å². The number of carboxylic acids is 1. The van der Waals surface area contributed by atoms with Crippen LogP contribution in [0, 0.1) is 0 Å². The summed E-state index contributed by atoms with van der Waals surface area (Å²) in [6.45, 7) is 2.43. The summed E-state index contributed by atoms with van der Waals surface area (Å²) in [6, 6.07) is 5.39. The molecule has 0 unspecified atom stereocenters. The Morgan fingerprint density at radius 3 is 2.86 bits per heavy atom. The summed E-state index contributed by atoms with van der Waals surface area (Å²) in [5.41, 5.74) is 2.69. The van der Waals surface area contributed by atoms with Gasteiger partial charge in [0.05, 0.1) is 12.1 Å². The summed E-state index contributed by atoms with van der Waals surface area (Å²) in [6.07, 6.45) is 2.50. The van der Waals surface area contributed by atoms with Crippen LogP contribution in [0.25, 0.3) is 0 Å². The van der Waals surface area contributed by atoms with Crippen molar-refractivity contribution >= 4 is 17.3 Å². The largest absolute Gasteiger partial charge is 0.478 e. The molecule has 0 bridgehead atoms. The van der Waals surface area contributed by atoms with Gasteiger partial charge >= 0.3 is 5.97 Å². The molecule has 108 valence electrons. The van der Waals surface area contributed by atoms with Gasteiger partial charge < -0.3 is 5.11 Å². The zero-order valence-corrected chi connectivity index (χ0v) is 12.3. The number of rotatable bonds is 4. The molecule has 5 nitrogen and oxygen atoms in total. The molecule has 21 heavy (non-hydrogen) atoms. The van der Waals surface area contributed by atoms with Crippen LogP contribution < -0.4 is 0 Å². The number of hydrogen-bond donors (Lipinski definition) is 1. The van der Waals surface area contributed by atoms with E-state index in [-0.39, 0.29) is 0 Å². The first-order chi connectivity index (χ1) is 10.2.